The first kappa shape index (κ1) is 15.6. The van der Waals surface area contributed by atoms with E-state index in [0.717, 1.165) is 28.7 Å². The van der Waals surface area contributed by atoms with Crippen LogP contribution in [0, 0.1) is 13.8 Å². The summed E-state index contributed by atoms with van der Waals surface area (Å²) in [7, 11) is 0. The van der Waals surface area contributed by atoms with Crippen LogP contribution in [0.25, 0.3) is 5.69 Å². The molecule has 0 fully saturated rings. The Morgan fingerprint density at radius 2 is 2.05 bits per heavy atom. The van der Waals surface area contributed by atoms with E-state index in [1.807, 2.05) is 36.6 Å². The molecule has 0 aliphatic heterocycles. The lowest BCUT2D eigenvalue weighted by Gasteiger charge is -2.11. The van der Waals surface area contributed by atoms with Gasteiger partial charge in [0.15, 0.2) is 5.16 Å². The lowest BCUT2D eigenvalue weighted by atomic mass is 10.2. The van der Waals surface area contributed by atoms with Crippen LogP contribution in [0.3, 0.4) is 0 Å². The predicted octanol–water partition coefficient (Wildman–Crippen LogP) is 2.50. The van der Waals surface area contributed by atoms with Gasteiger partial charge in [-0.1, -0.05) is 36.9 Å². The van der Waals surface area contributed by atoms with Gasteiger partial charge in [0, 0.05) is 6.54 Å². The van der Waals surface area contributed by atoms with E-state index in [4.69, 9.17) is 0 Å². The Balaban J connectivity index is 2.16. The molecule has 2 rings (SSSR count). The number of hydrogen-bond acceptors (Lipinski definition) is 4. The highest BCUT2D eigenvalue weighted by Crippen LogP contribution is 2.23. The van der Waals surface area contributed by atoms with Crippen LogP contribution in [-0.4, -0.2) is 33.0 Å². The molecule has 0 radical (unpaired) electrons. The molecule has 21 heavy (non-hydrogen) atoms. The second-order valence-electron chi connectivity index (χ2n) is 4.79. The number of aryl methyl sites for hydroxylation is 2. The third kappa shape index (κ3) is 3.85. The smallest absolute Gasteiger partial charge is 0.230 e. The molecule has 1 N–H and O–H groups in total. The first-order valence-corrected chi connectivity index (χ1v) is 7.99. The van der Waals surface area contributed by atoms with Crippen molar-refractivity contribution in [3.63, 3.8) is 0 Å². The Labute approximate surface area is 129 Å². The van der Waals surface area contributed by atoms with Gasteiger partial charge >= 0.3 is 0 Å². The van der Waals surface area contributed by atoms with Crippen LogP contribution in [0.2, 0.25) is 0 Å². The Morgan fingerprint density at radius 3 is 2.76 bits per heavy atom. The van der Waals surface area contributed by atoms with Gasteiger partial charge in [-0.15, -0.1) is 10.2 Å². The predicted molar refractivity (Wildman–Crippen MR) is 84.9 cm³/mol. The summed E-state index contributed by atoms with van der Waals surface area (Å²) >= 11 is 1.41. The average Bonchev–Trinajstić information content (AvgIpc) is 2.84. The number of thioether (sulfide) groups is 1. The van der Waals surface area contributed by atoms with Crippen LogP contribution in [0.5, 0.6) is 0 Å². The number of benzene rings is 1. The lowest BCUT2D eigenvalue weighted by Crippen LogP contribution is -2.25. The lowest BCUT2D eigenvalue weighted by molar-refractivity contribution is -0.118. The molecule has 1 amide bonds. The van der Waals surface area contributed by atoms with Crippen LogP contribution >= 0.6 is 11.8 Å². The van der Waals surface area contributed by atoms with Gasteiger partial charge in [0.1, 0.15) is 5.82 Å². The molecule has 112 valence electrons. The molecule has 0 bridgehead atoms. The molecule has 6 heteroatoms. The normalized spacial score (nSPS) is 10.6. The molecule has 1 heterocycles. The number of aromatic nitrogens is 3. The van der Waals surface area contributed by atoms with E-state index in [1.54, 1.807) is 0 Å². The Hall–Kier alpha value is -1.82. The molecule has 1 aromatic carbocycles. The summed E-state index contributed by atoms with van der Waals surface area (Å²) in [5, 5.41) is 11.9. The van der Waals surface area contributed by atoms with Crippen molar-refractivity contribution in [1.29, 1.82) is 0 Å². The number of rotatable bonds is 6. The SMILES string of the molecule is CCCNC(=O)CSc1nnc(C)n1-c1ccccc1C. The maximum absolute atomic E-state index is 11.7. The molecule has 0 saturated heterocycles. The fourth-order valence-corrected chi connectivity index (χ4v) is 2.79. The summed E-state index contributed by atoms with van der Waals surface area (Å²) < 4.78 is 1.99. The largest absolute Gasteiger partial charge is 0.355 e. The standard InChI is InChI=1S/C15H20N4OS/c1-4-9-16-14(20)10-21-15-18-17-12(3)19(15)13-8-6-5-7-11(13)2/h5-8H,4,9-10H2,1-3H3,(H,16,20). The van der Waals surface area contributed by atoms with Crippen molar-refractivity contribution in [3.05, 3.63) is 35.7 Å². The minimum absolute atomic E-state index is 0.0267. The van der Waals surface area contributed by atoms with E-state index < -0.39 is 0 Å². The van der Waals surface area contributed by atoms with E-state index >= 15 is 0 Å². The first-order chi connectivity index (χ1) is 10.1. The van der Waals surface area contributed by atoms with Crippen molar-refractivity contribution < 1.29 is 4.79 Å². The topological polar surface area (TPSA) is 59.8 Å². The minimum atomic E-state index is 0.0267. The summed E-state index contributed by atoms with van der Waals surface area (Å²) in [6.07, 6.45) is 0.939. The molecule has 0 atom stereocenters. The van der Waals surface area contributed by atoms with Gasteiger partial charge in [0.2, 0.25) is 5.91 Å². The van der Waals surface area contributed by atoms with Crippen molar-refractivity contribution in [2.24, 2.45) is 0 Å². The van der Waals surface area contributed by atoms with Crippen molar-refractivity contribution in [3.8, 4) is 5.69 Å². The number of nitrogens with zero attached hydrogens (tertiary/aromatic N) is 3. The maximum atomic E-state index is 11.7. The summed E-state index contributed by atoms with van der Waals surface area (Å²) in [4.78, 5) is 11.7. The third-order valence-electron chi connectivity index (χ3n) is 3.06. The van der Waals surface area contributed by atoms with E-state index in [0.29, 0.717) is 12.3 Å². The number of carbonyl (C=O) groups excluding carboxylic acids is 1. The first-order valence-electron chi connectivity index (χ1n) is 7.01. The average molecular weight is 304 g/mol. The van der Waals surface area contributed by atoms with E-state index in [9.17, 15) is 4.79 Å². The van der Waals surface area contributed by atoms with Crippen LogP contribution in [-0.2, 0) is 4.79 Å². The van der Waals surface area contributed by atoms with Crippen LogP contribution in [0.15, 0.2) is 29.4 Å². The fourth-order valence-electron chi connectivity index (χ4n) is 1.97. The number of amides is 1. The fraction of sp³-hybridized carbons (Fsp3) is 0.400. The second-order valence-corrected chi connectivity index (χ2v) is 5.73. The second kappa shape index (κ2) is 7.26. The van der Waals surface area contributed by atoms with Crippen LogP contribution < -0.4 is 5.32 Å². The molecule has 5 nitrogen and oxygen atoms in total. The third-order valence-corrected chi connectivity index (χ3v) is 3.98. The van der Waals surface area contributed by atoms with Crippen molar-refractivity contribution in [2.75, 3.05) is 12.3 Å². The highest BCUT2D eigenvalue weighted by molar-refractivity contribution is 7.99. The summed E-state index contributed by atoms with van der Waals surface area (Å²) in [6, 6.07) is 8.08. The van der Waals surface area contributed by atoms with Gasteiger partial charge in [0.05, 0.1) is 11.4 Å². The van der Waals surface area contributed by atoms with Crippen molar-refractivity contribution >= 4 is 17.7 Å². The van der Waals surface area contributed by atoms with Gasteiger partial charge in [0.25, 0.3) is 0 Å². The Bertz CT molecular complexity index is 624. The van der Waals surface area contributed by atoms with Gasteiger partial charge in [-0.05, 0) is 31.9 Å². The minimum Gasteiger partial charge on any atom is -0.355 e. The number of nitrogens with one attached hydrogen (secondary N) is 1. The van der Waals surface area contributed by atoms with E-state index in [2.05, 4.69) is 28.5 Å². The van der Waals surface area contributed by atoms with Crippen LogP contribution in [0.1, 0.15) is 24.7 Å². The van der Waals surface area contributed by atoms with Crippen LogP contribution in [0.4, 0.5) is 0 Å². The maximum Gasteiger partial charge on any atom is 0.230 e. The zero-order valence-corrected chi connectivity index (χ0v) is 13.4. The van der Waals surface area contributed by atoms with Gasteiger partial charge in [-0.25, -0.2) is 0 Å². The molecule has 0 aliphatic carbocycles. The summed E-state index contributed by atoms with van der Waals surface area (Å²) in [5.41, 5.74) is 2.20. The molecule has 0 unspecified atom stereocenters. The molecule has 2 aromatic rings. The monoisotopic (exact) mass is 304 g/mol. The Morgan fingerprint density at radius 1 is 1.29 bits per heavy atom. The Kier molecular flexibility index (Phi) is 5.38. The molecular weight excluding hydrogens is 284 g/mol. The van der Waals surface area contributed by atoms with Crippen molar-refractivity contribution in [2.45, 2.75) is 32.3 Å². The number of carbonyl (C=O) groups is 1. The van der Waals surface area contributed by atoms with E-state index in [1.165, 1.54) is 11.8 Å². The number of para-hydroxylation sites is 1. The number of hydrogen-bond donors (Lipinski definition) is 1. The highest BCUT2D eigenvalue weighted by Gasteiger charge is 2.14. The summed E-state index contributed by atoms with van der Waals surface area (Å²) in [5.74, 6) is 1.20. The van der Waals surface area contributed by atoms with E-state index in [-0.39, 0.29) is 5.91 Å². The molecule has 1 aromatic heterocycles. The zero-order chi connectivity index (χ0) is 15.2. The molecule has 0 aliphatic rings. The molecule has 0 saturated carbocycles. The molecular formula is C15H20N4OS. The van der Waals surface area contributed by atoms with Gasteiger partial charge in [-0.3, -0.25) is 9.36 Å². The quantitative estimate of drug-likeness (QED) is 0.833. The van der Waals surface area contributed by atoms with Crippen molar-refractivity contribution in [1.82, 2.24) is 20.1 Å². The van der Waals surface area contributed by atoms with Gasteiger partial charge in [-0.2, -0.15) is 0 Å². The van der Waals surface area contributed by atoms with Gasteiger partial charge < -0.3 is 5.32 Å². The highest BCUT2D eigenvalue weighted by atomic mass is 32.2. The summed E-state index contributed by atoms with van der Waals surface area (Å²) in [6.45, 7) is 6.71. The zero-order valence-electron chi connectivity index (χ0n) is 12.6. The molecule has 0 spiro atoms.